The lowest BCUT2D eigenvalue weighted by Crippen LogP contribution is -2.23. The van der Waals surface area contributed by atoms with Gasteiger partial charge in [-0.15, -0.1) is 0 Å². The van der Waals surface area contributed by atoms with Crippen LogP contribution in [0.1, 0.15) is 34.8 Å². The molecule has 2 heterocycles. The minimum atomic E-state index is 0.0329. The van der Waals surface area contributed by atoms with Gasteiger partial charge >= 0.3 is 0 Å². The summed E-state index contributed by atoms with van der Waals surface area (Å²) < 4.78 is 6.84. The molecular weight excluding hydrogens is 330 g/mol. The summed E-state index contributed by atoms with van der Waals surface area (Å²) >= 11 is 0. The molecule has 1 aromatic carbocycles. The molecule has 0 unspecified atom stereocenters. The number of hydrogen-bond acceptors (Lipinski definition) is 5. The Kier molecular flexibility index (Phi) is 5.16. The molecule has 3 rings (SSSR count). The van der Waals surface area contributed by atoms with Crippen LogP contribution in [0.25, 0.3) is 11.4 Å². The van der Waals surface area contributed by atoms with Gasteiger partial charge in [0.15, 0.2) is 0 Å². The molecule has 0 aliphatic rings. The van der Waals surface area contributed by atoms with Crippen molar-refractivity contribution in [3.8, 4) is 11.4 Å². The molecule has 3 aromatic rings. The maximum absolute atomic E-state index is 12.1. The Morgan fingerprint density at radius 2 is 1.92 bits per heavy atom. The second kappa shape index (κ2) is 7.51. The van der Waals surface area contributed by atoms with E-state index in [1.54, 1.807) is 6.92 Å². The summed E-state index contributed by atoms with van der Waals surface area (Å²) in [6, 6.07) is 7.76. The van der Waals surface area contributed by atoms with Crippen LogP contribution in [0.3, 0.4) is 0 Å². The quantitative estimate of drug-likeness (QED) is 0.736. The fourth-order valence-electron chi connectivity index (χ4n) is 2.90. The number of amides is 1. The third kappa shape index (κ3) is 3.99. The SMILES string of the molecule is Cc1nc(-c2ccc(CNC(=O)CCc3c(C)nn(C)c3C)cc2)no1. The molecule has 0 spiro atoms. The third-order valence-corrected chi connectivity index (χ3v) is 4.49. The summed E-state index contributed by atoms with van der Waals surface area (Å²) in [4.78, 5) is 16.3. The monoisotopic (exact) mass is 353 g/mol. The predicted molar refractivity (Wildman–Crippen MR) is 97.3 cm³/mol. The second-order valence-electron chi connectivity index (χ2n) is 6.38. The number of benzene rings is 1. The predicted octanol–water partition coefficient (Wildman–Crippen LogP) is 2.64. The molecule has 0 fully saturated rings. The summed E-state index contributed by atoms with van der Waals surface area (Å²) in [6.07, 6.45) is 1.15. The Hall–Kier alpha value is -2.96. The Labute approximate surface area is 152 Å². The van der Waals surface area contributed by atoms with Crippen molar-refractivity contribution in [2.45, 2.75) is 40.2 Å². The molecule has 0 atom stereocenters. The average Bonchev–Trinajstić information content (AvgIpc) is 3.16. The highest BCUT2D eigenvalue weighted by Crippen LogP contribution is 2.17. The van der Waals surface area contributed by atoms with Crippen LogP contribution in [0.5, 0.6) is 0 Å². The zero-order valence-electron chi connectivity index (χ0n) is 15.5. The molecule has 0 saturated heterocycles. The Morgan fingerprint density at radius 1 is 1.19 bits per heavy atom. The van der Waals surface area contributed by atoms with Gasteiger partial charge in [-0.25, -0.2) is 0 Å². The molecule has 0 saturated carbocycles. The van der Waals surface area contributed by atoms with Crippen LogP contribution in [0.4, 0.5) is 0 Å². The fourth-order valence-corrected chi connectivity index (χ4v) is 2.90. The maximum atomic E-state index is 12.1. The van der Waals surface area contributed by atoms with Gasteiger partial charge in [-0.1, -0.05) is 29.4 Å². The first-order valence-electron chi connectivity index (χ1n) is 8.59. The van der Waals surface area contributed by atoms with E-state index in [4.69, 9.17) is 4.52 Å². The van der Waals surface area contributed by atoms with Crippen molar-refractivity contribution in [1.29, 1.82) is 0 Å². The van der Waals surface area contributed by atoms with Crippen LogP contribution in [-0.4, -0.2) is 25.8 Å². The van der Waals surface area contributed by atoms with E-state index in [2.05, 4.69) is 20.6 Å². The zero-order chi connectivity index (χ0) is 18.7. The smallest absolute Gasteiger partial charge is 0.223 e. The topological polar surface area (TPSA) is 85.8 Å². The van der Waals surface area contributed by atoms with Crippen LogP contribution in [0.15, 0.2) is 28.8 Å². The highest BCUT2D eigenvalue weighted by atomic mass is 16.5. The van der Waals surface area contributed by atoms with Crippen LogP contribution < -0.4 is 5.32 Å². The number of nitrogens with one attached hydrogen (secondary N) is 1. The molecule has 0 aliphatic heterocycles. The third-order valence-electron chi connectivity index (χ3n) is 4.49. The summed E-state index contributed by atoms with van der Waals surface area (Å²) in [5, 5.41) is 11.2. The van der Waals surface area contributed by atoms with Gasteiger partial charge in [0.25, 0.3) is 0 Å². The van der Waals surface area contributed by atoms with Gasteiger partial charge in [0.05, 0.1) is 5.69 Å². The minimum Gasteiger partial charge on any atom is -0.352 e. The van der Waals surface area contributed by atoms with Crippen LogP contribution >= 0.6 is 0 Å². The second-order valence-corrected chi connectivity index (χ2v) is 6.38. The van der Waals surface area contributed by atoms with Crippen molar-refractivity contribution >= 4 is 5.91 Å². The summed E-state index contributed by atoms with van der Waals surface area (Å²) in [7, 11) is 1.92. The van der Waals surface area contributed by atoms with Crippen molar-refractivity contribution in [2.24, 2.45) is 7.05 Å². The number of rotatable bonds is 6. The van der Waals surface area contributed by atoms with E-state index < -0.39 is 0 Å². The summed E-state index contributed by atoms with van der Waals surface area (Å²) in [5.74, 6) is 1.14. The van der Waals surface area contributed by atoms with E-state index in [1.165, 1.54) is 0 Å². The number of carbonyl (C=O) groups is 1. The van der Waals surface area contributed by atoms with Gasteiger partial charge in [-0.2, -0.15) is 10.1 Å². The molecule has 0 bridgehead atoms. The Morgan fingerprint density at radius 3 is 2.50 bits per heavy atom. The standard InChI is InChI=1S/C19H23N5O2/c1-12-17(13(2)24(4)22-12)9-10-18(25)20-11-15-5-7-16(8-6-15)19-21-14(3)26-23-19/h5-8H,9-11H2,1-4H3,(H,20,25). The Bertz CT molecular complexity index is 909. The van der Waals surface area contributed by atoms with Gasteiger partial charge in [-0.3, -0.25) is 9.48 Å². The van der Waals surface area contributed by atoms with Gasteiger partial charge in [-0.05, 0) is 31.4 Å². The van der Waals surface area contributed by atoms with Crippen LogP contribution in [0, 0.1) is 20.8 Å². The number of aromatic nitrogens is 4. The van der Waals surface area contributed by atoms with E-state index in [-0.39, 0.29) is 5.91 Å². The van der Waals surface area contributed by atoms with E-state index in [9.17, 15) is 4.79 Å². The maximum Gasteiger partial charge on any atom is 0.223 e. The fraction of sp³-hybridized carbons (Fsp3) is 0.368. The molecular formula is C19H23N5O2. The highest BCUT2D eigenvalue weighted by Gasteiger charge is 2.11. The van der Waals surface area contributed by atoms with E-state index in [0.717, 1.165) is 28.1 Å². The summed E-state index contributed by atoms with van der Waals surface area (Å²) in [5.41, 5.74) is 5.17. The first kappa shape index (κ1) is 17.8. The first-order chi connectivity index (χ1) is 12.4. The summed E-state index contributed by atoms with van der Waals surface area (Å²) in [6.45, 7) is 6.26. The normalized spacial score (nSPS) is 10.9. The van der Waals surface area contributed by atoms with E-state index >= 15 is 0 Å². The number of nitrogens with zero attached hydrogens (tertiary/aromatic N) is 4. The Balaban J connectivity index is 1.51. The molecule has 0 radical (unpaired) electrons. The molecule has 1 N–H and O–H groups in total. The van der Waals surface area contributed by atoms with Gasteiger partial charge in [0.1, 0.15) is 0 Å². The average molecular weight is 353 g/mol. The van der Waals surface area contributed by atoms with Gasteiger partial charge in [0, 0.05) is 38.2 Å². The van der Waals surface area contributed by atoms with Crippen molar-refractivity contribution in [2.75, 3.05) is 0 Å². The van der Waals surface area contributed by atoms with E-state index in [1.807, 2.05) is 49.8 Å². The lowest BCUT2D eigenvalue weighted by molar-refractivity contribution is -0.121. The van der Waals surface area contributed by atoms with E-state index in [0.29, 0.717) is 31.1 Å². The molecule has 7 nitrogen and oxygen atoms in total. The lowest BCUT2D eigenvalue weighted by atomic mass is 10.1. The first-order valence-corrected chi connectivity index (χ1v) is 8.59. The number of aryl methyl sites for hydroxylation is 3. The molecule has 2 aromatic heterocycles. The largest absolute Gasteiger partial charge is 0.352 e. The van der Waals surface area contributed by atoms with Crippen molar-refractivity contribution in [3.63, 3.8) is 0 Å². The van der Waals surface area contributed by atoms with Crippen molar-refractivity contribution < 1.29 is 9.32 Å². The van der Waals surface area contributed by atoms with Crippen LogP contribution in [0.2, 0.25) is 0 Å². The number of hydrogen-bond donors (Lipinski definition) is 1. The zero-order valence-corrected chi connectivity index (χ0v) is 15.5. The molecule has 0 aliphatic carbocycles. The molecule has 136 valence electrons. The van der Waals surface area contributed by atoms with Gasteiger partial charge in [0.2, 0.25) is 17.6 Å². The van der Waals surface area contributed by atoms with Crippen molar-refractivity contribution in [1.82, 2.24) is 25.2 Å². The van der Waals surface area contributed by atoms with Crippen LogP contribution in [-0.2, 0) is 24.8 Å². The minimum absolute atomic E-state index is 0.0329. The molecule has 1 amide bonds. The van der Waals surface area contributed by atoms with Gasteiger partial charge < -0.3 is 9.84 Å². The number of carbonyl (C=O) groups excluding carboxylic acids is 1. The lowest BCUT2D eigenvalue weighted by Gasteiger charge is -2.06. The molecule has 7 heteroatoms. The highest BCUT2D eigenvalue weighted by molar-refractivity contribution is 5.76. The van der Waals surface area contributed by atoms with Crippen molar-refractivity contribution in [3.05, 3.63) is 52.7 Å². The molecule has 26 heavy (non-hydrogen) atoms.